The van der Waals surface area contributed by atoms with E-state index >= 15 is 0 Å². The molecule has 1 amide bonds. The van der Waals surface area contributed by atoms with Crippen molar-refractivity contribution in [3.63, 3.8) is 0 Å². The summed E-state index contributed by atoms with van der Waals surface area (Å²) >= 11 is 0. The number of rotatable bonds is 10. The summed E-state index contributed by atoms with van der Waals surface area (Å²) in [6.45, 7) is -0.0571. The molecule has 2 unspecified atom stereocenters. The zero-order chi connectivity index (χ0) is 27.1. The molecule has 3 N–H and O–H groups in total. The van der Waals surface area contributed by atoms with Gasteiger partial charge < -0.3 is 20.1 Å². The summed E-state index contributed by atoms with van der Waals surface area (Å²) < 4.78 is 5.93. The zero-order valence-electron chi connectivity index (χ0n) is 20.2. The maximum atomic E-state index is 13.4. The summed E-state index contributed by atoms with van der Waals surface area (Å²) in [6.07, 6.45) is -0.715. The highest BCUT2D eigenvalue weighted by molar-refractivity contribution is 5.89. The average Bonchev–Trinajstić information content (AvgIpc) is 2.92. The van der Waals surface area contributed by atoms with Gasteiger partial charge in [0.25, 0.3) is 5.56 Å². The van der Waals surface area contributed by atoms with Gasteiger partial charge in [0.05, 0.1) is 17.3 Å². The fourth-order valence-corrected chi connectivity index (χ4v) is 4.03. The van der Waals surface area contributed by atoms with E-state index in [1.807, 2.05) is 0 Å². The number of aliphatic carboxylic acids is 1. The van der Waals surface area contributed by atoms with Gasteiger partial charge in [-0.05, 0) is 23.3 Å². The van der Waals surface area contributed by atoms with E-state index in [0.717, 1.165) is 10.1 Å². The largest absolute Gasteiger partial charge is 0.480 e. The van der Waals surface area contributed by atoms with Crippen LogP contribution in [0.1, 0.15) is 23.6 Å². The minimum Gasteiger partial charge on any atom is -0.480 e. The first kappa shape index (κ1) is 26.1. The number of benzene rings is 3. The van der Waals surface area contributed by atoms with Gasteiger partial charge in [-0.15, -0.1) is 0 Å². The predicted octanol–water partition coefficient (Wildman–Crippen LogP) is 2.18. The molecule has 4 aromatic rings. The number of hydrogen-bond acceptors (Lipinski definition) is 6. The Morgan fingerprint density at radius 3 is 2.13 bits per heavy atom. The quantitative estimate of drug-likeness (QED) is 0.274. The van der Waals surface area contributed by atoms with Crippen LogP contribution in [0.15, 0.2) is 94.5 Å². The first-order valence-electron chi connectivity index (χ1n) is 11.8. The molecule has 0 spiro atoms. The molecule has 0 saturated heterocycles. The molecule has 0 saturated carbocycles. The molecule has 0 aliphatic heterocycles. The van der Waals surface area contributed by atoms with Crippen molar-refractivity contribution in [2.24, 2.45) is 0 Å². The Hall–Kier alpha value is -4.99. The topological polar surface area (TPSA) is 148 Å². The van der Waals surface area contributed by atoms with Crippen molar-refractivity contribution in [1.82, 2.24) is 14.9 Å². The van der Waals surface area contributed by atoms with Crippen molar-refractivity contribution < 1.29 is 24.2 Å². The SMILES string of the molecule is O=C(CC(NC(=O)C(Cc1ccccc1)n1c(=O)[nH]c2ccccc2c1=O)C(=O)O)OCc1ccccc1. The number of aromatic nitrogens is 2. The molecule has 194 valence electrons. The number of H-pyrrole nitrogens is 1. The van der Waals surface area contributed by atoms with Crippen molar-refractivity contribution in [1.29, 1.82) is 0 Å². The molecule has 1 aromatic heterocycles. The summed E-state index contributed by atoms with van der Waals surface area (Å²) in [5.74, 6) is -3.20. The van der Waals surface area contributed by atoms with Gasteiger partial charge >= 0.3 is 17.6 Å². The van der Waals surface area contributed by atoms with Crippen molar-refractivity contribution in [2.45, 2.75) is 31.5 Å². The monoisotopic (exact) mass is 515 g/mol. The van der Waals surface area contributed by atoms with Gasteiger partial charge in [-0.25, -0.2) is 14.2 Å². The molecule has 0 radical (unpaired) electrons. The van der Waals surface area contributed by atoms with Gasteiger partial charge in [0, 0.05) is 6.42 Å². The molecule has 1 heterocycles. The standard InChI is InChI=1S/C28H25N3O7/c32-24(38-17-19-11-5-2-6-12-19)16-22(27(35)36)29-25(33)23(15-18-9-3-1-4-10-18)31-26(34)20-13-7-8-14-21(20)30-28(31)37/h1-14,22-23H,15-17H2,(H,29,33)(H,30,37)(H,35,36). The maximum Gasteiger partial charge on any atom is 0.329 e. The van der Waals surface area contributed by atoms with Crippen molar-refractivity contribution in [3.8, 4) is 0 Å². The zero-order valence-corrected chi connectivity index (χ0v) is 20.2. The molecule has 0 aliphatic rings. The number of nitrogens with zero attached hydrogens (tertiary/aromatic N) is 1. The first-order valence-corrected chi connectivity index (χ1v) is 11.8. The lowest BCUT2D eigenvalue weighted by Crippen LogP contribution is -2.50. The third-order valence-electron chi connectivity index (χ3n) is 5.95. The van der Waals surface area contributed by atoms with E-state index in [9.17, 15) is 29.1 Å². The second kappa shape index (κ2) is 11.8. The number of carbonyl (C=O) groups is 3. The maximum absolute atomic E-state index is 13.4. The summed E-state index contributed by atoms with van der Waals surface area (Å²) in [5, 5.41) is 12.2. The van der Waals surface area contributed by atoms with Gasteiger partial charge in [0.1, 0.15) is 18.7 Å². The van der Waals surface area contributed by atoms with E-state index in [2.05, 4.69) is 10.3 Å². The van der Waals surface area contributed by atoms with Gasteiger partial charge in [-0.2, -0.15) is 0 Å². The molecule has 10 nitrogen and oxygen atoms in total. The number of hydrogen-bond donors (Lipinski definition) is 3. The Morgan fingerprint density at radius 1 is 0.868 bits per heavy atom. The fraction of sp³-hybridized carbons (Fsp3) is 0.179. The summed E-state index contributed by atoms with van der Waals surface area (Å²) in [4.78, 5) is 66.5. The summed E-state index contributed by atoms with van der Waals surface area (Å²) in [7, 11) is 0. The van der Waals surface area contributed by atoms with Gasteiger partial charge in [0.2, 0.25) is 5.91 Å². The minimum atomic E-state index is -1.64. The number of carboxylic acids is 1. The lowest BCUT2D eigenvalue weighted by molar-refractivity contribution is -0.151. The van der Waals surface area contributed by atoms with Crippen LogP contribution in [0.2, 0.25) is 0 Å². The number of amides is 1. The van der Waals surface area contributed by atoms with Gasteiger partial charge in [-0.3, -0.25) is 14.4 Å². The Balaban J connectivity index is 1.60. The van der Waals surface area contributed by atoms with Crippen LogP contribution in [0.4, 0.5) is 0 Å². The van der Waals surface area contributed by atoms with Crippen LogP contribution < -0.4 is 16.6 Å². The van der Waals surface area contributed by atoms with E-state index in [0.29, 0.717) is 11.1 Å². The Kier molecular flexibility index (Phi) is 8.12. The van der Waals surface area contributed by atoms with Crippen LogP contribution in [-0.2, 0) is 32.1 Å². The molecule has 0 fully saturated rings. The first-order chi connectivity index (χ1) is 18.3. The molecule has 10 heteroatoms. The summed E-state index contributed by atoms with van der Waals surface area (Å²) in [5.41, 5.74) is 0.145. The van der Waals surface area contributed by atoms with Crippen LogP contribution in [0.3, 0.4) is 0 Å². The van der Waals surface area contributed by atoms with E-state index < -0.39 is 47.6 Å². The third-order valence-corrected chi connectivity index (χ3v) is 5.95. The number of esters is 1. The molecule has 3 aromatic carbocycles. The van der Waals surface area contributed by atoms with E-state index in [-0.39, 0.29) is 18.4 Å². The van der Waals surface area contributed by atoms with E-state index in [4.69, 9.17) is 4.74 Å². The minimum absolute atomic E-state index is 0.0571. The lowest BCUT2D eigenvalue weighted by atomic mass is 10.0. The van der Waals surface area contributed by atoms with Gasteiger partial charge in [0.15, 0.2) is 0 Å². The molecule has 38 heavy (non-hydrogen) atoms. The number of fused-ring (bicyclic) bond motifs is 1. The highest BCUT2D eigenvalue weighted by atomic mass is 16.5. The molecule has 4 rings (SSSR count). The molecular formula is C28H25N3O7. The third kappa shape index (κ3) is 6.22. The smallest absolute Gasteiger partial charge is 0.329 e. The molecule has 0 aliphatic carbocycles. The second-order valence-electron chi connectivity index (χ2n) is 8.61. The number of nitrogens with one attached hydrogen (secondary N) is 2. The second-order valence-corrected chi connectivity index (χ2v) is 8.61. The number of ether oxygens (including phenoxy) is 1. The van der Waals surface area contributed by atoms with E-state index in [1.54, 1.807) is 78.9 Å². The van der Waals surface area contributed by atoms with E-state index in [1.165, 1.54) is 6.07 Å². The van der Waals surface area contributed by atoms with Crippen LogP contribution in [-0.4, -0.2) is 38.5 Å². The Morgan fingerprint density at radius 2 is 1.47 bits per heavy atom. The average molecular weight is 516 g/mol. The molecule has 2 atom stereocenters. The number of carbonyl (C=O) groups excluding carboxylic acids is 2. The Bertz CT molecular complexity index is 1560. The van der Waals surface area contributed by atoms with Crippen LogP contribution in [0, 0.1) is 0 Å². The predicted molar refractivity (Wildman–Crippen MR) is 138 cm³/mol. The highest BCUT2D eigenvalue weighted by Gasteiger charge is 2.31. The summed E-state index contributed by atoms with van der Waals surface area (Å²) in [6, 6.07) is 20.9. The van der Waals surface area contributed by atoms with Crippen LogP contribution >= 0.6 is 0 Å². The van der Waals surface area contributed by atoms with Crippen molar-refractivity contribution in [2.75, 3.05) is 0 Å². The fourth-order valence-electron chi connectivity index (χ4n) is 4.03. The van der Waals surface area contributed by atoms with Crippen LogP contribution in [0.5, 0.6) is 0 Å². The molecular weight excluding hydrogens is 490 g/mol. The number of aromatic amines is 1. The number of para-hydroxylation sites is 1. The lowest BCUT2D eigenvalue weighted by Gasteiger charge is -2.22. The van der Waals surface area contributed by atoms with Gasteiger partial charge in [-0.1, -0.05) is 72.8 Å². The van der Waals surface area contributed by atoms with Crippen molar-refractivity contribution >= 4 is 28.7 Å². The normalized spacial score (nSPS) is 12.4. The van der Waals surface area contributed by atoms with Crippen molar-refractivity contribution in [3.05, 3.63) is 117 Å². The molecule has 0 bridgehead atoms. The number of carboxylic acid groups (broad SMARTS) is 1. The highest BCUT2D eigenvalue weighted by Crippen LogP contribution is 2.15. The Labute approximate surface area is 216 Å². The van der Waals surface area contributed by atoms with Crippen LogP contribution in [0.25, 0.3) is 10.9 Å².